The maximum atomic E-state index is 12.7. The van der Waals surface area contributed by atoms with Gasteiger partial charge in [0.1, 0.15) is 12.3 Å². The van der Waals surface area contributed by atoms with E-state index in [1.165, 1.54) is 24.4 Å². The number of aromatic nitrogens is 2. The van der Waals surface area contributed by atoms with E-state index in [0.717, 1.165) is 5.69 Å². The quantitative estimate of drug-likeness (QED) is 0.665. The van der Waals surface area contributed by atoms with Crippen molar-refractivity contribution in [2.75, 3.05) is 11.9 Å². The lowest BCUT2D eigenvalue weighted by Crippen LogP contribution is -2.06. The monoisotopic (exact) mass is 347 g/mol. The van der Waals surface area contributed by atoms with Gasteiger partial charge in [0.05, 0.1) is 5.69 Å². The first-order chi connectivity index (χ1) is 12.0. The number of rotatable bonds is 8. The van der Waals surface area contributed by atoms with Crippen molar-refractivity contribution < 1.29 is 13.5 Å². The van der Waals surface area contributed by atoms with E-state index < -0.39 is 6.43 Å². The molecular formula is C17H19F2N5O. The lowest BCUT2D eigenvalue weighted by atomic mass is 10.1. The predicted molar refractivity (Wildman–Crippen MR) is 89.9 cm³/mol. The number of ether oxygens (including phenoxy) is 1. The van der Waals surface area contributed by atoms with Gasteiger partial charge in [0, 0.05) is 23.6 Å². The summed E-state index contributed by atoms with van der Waals surface area (Å²) in [6, 6.07) is 7.84. The van der Waals surface area contributed by atoms with Crippen LogP contribution < -0.4 is 10.1 Å². The van der Waals surface area contributed by atoms with E-state index >= 15 is 0 Å². The maximum Gasteiger partial charge on any atom is 0.316 e. The second-order valence-corrected chi connectivity index (χ2v) is 5.53. The van der Waals surface area contributed by atoms with Gasteiger partial charge in [-0.1, -0.05) is 26.0 Å². The van der Waals surface area contributed by atoms with Crippen LogP contribution in [0.25, 0.3) is 0 Å². The van der Waals surface area contributed by atoms with Crippen LogP contribution in [0.4, 0.5) is 14.5 Å². The zero-order valence-electron chi connectivity index (χ0n) is 13.9. The molecule has 132 valence electrons. The van der Waals surface area contributed by atoms with Gasteiger partial charge in [-0.15, -0.1) is 0 Å². The molecule has 0 unspecified atom stereocenters. The van der Waals surface area contributed by atoms with Crippen LogP contribution in [-0.2, 0) is 0 Å². The predicted octanol–water partition coefficient (Wildman–Crippen LogP) is 4.90. The standard InChI is InChI=1S/C17H19F2N5O/c1-11(2)15-6-7-21-17(23-15)25-10-14(24-20)9-22-13-5-3-4-12(8-13)16(18)19/h3-9,11,16,20,22H,10H2,1-2H3/b14-9-,24-20?. The van der Waals surface area contributed by atoms with E-state index in [2.05, 4.69) is 20.4 Å². The minimum Gasteiger partial charge on any atom is -0.457 e. The van der Waals surface area contributed by atoms with Gasteiger partial charge in [-0.2, -0.15) is 10.1 Å². The van der Waals surface area contributed by atoms with Crippen molar-refractivity contribution in [3.63, 3.8) is 0 Å². The van der Waals surface area contributed by atoms with Crippen molar-refractivity contribution in [3.05, 3.63) is 59.7 Å². The highest BCUT2D eigenvalue weighted by Gasteiger charge is 2.07. The Bertz CT molecular complexity index is 749. The minimum absolute atomic E-state index is 0.0212. The molecule has 6 nitrogen and oxygen atoms in total. The lowest BCUT2D eigenvalue weighted by Gasteiger charge is -2.08. The number of hydrogen-bond donors (Lipinski definition) is 2. The average Bonchev–Trinajstić information content (AvgIpc) is 2.62. The van der Waals surface area contributed by atoms with E-state index in [9.17, 15) is 8.78 Å². The number of nitrogens with one attached hydrogen (secondary N) is 2. The molecule has 0 saturated heterocycles. The molecule has 1 heterocycles. The van der Waals surface area contributed by atoms with E-state index in [1.807, 2.05) is 13.8 Å². The highest BCUT2D eigenvalue weighted by Crippen LogP contribution is 2.21. The van der Waals surface area contributed by atoms with Gasteiger partial charge in [0.15, 0.2) is 0 Å². The van der Waals surface area contributed by atoms with E-state index in [4.69, 9.17) is 10.3 Å². The summed E-state index contributed by atoms with van der Waals surface area (Å²) in [6.45, 7) is 3.99. The number of anilines is 1. The summed E-state index contributed by atoms with van der Waals surface area (Å²) in [6.07, 6.45) is 0.483. The molecule has 2 rings (SSSR count). The molecule has 0 bridgehead atoms. The molecule has 1 aromatic heterocycles. The third-order valence-corrected chi connectivity index (χ3v) is 3.28. The molecule has 0 fully saturated rings. The summed E-state index contributed by atoms with van der Waals surface area (Å²) >= 11 is 0. The fourth-order valence-corrected chi connectivity index (χ4v) is 1.92. The number of nitrogens with zero attached hydrogens (tertiary/aromatic N) is 3. The number of benzene rings is 1. The van der Waals surface area contributed by atoms with E-state index in [0.29, 0.717) is 5.69 Å². The van der Waals surface area contributed by atoms with Gasteiger partial charge in [0.2, 0.25) is 0 Å². The van der Waals surface area contributed by atoms with Gasteiger partial charge in [-0.25, -0.2) is 19.3 Å². The third kappa shape index (κ3) is 5.59. The molecule has 2 N–H and O–H groups in total. The maximum absolute atomic E-state index is 12.7. The highest BCUT2D eigenvalue weighted by molar-refractivity contribution is 5.48. The molecule has 8 heteroatoms. The normalized spacial score (nSPS) is 11.7. The third-order valence-electron chi connectivity index (χ3n) is 3.28. The summed E-state index contributed by atoms with van der Waals surface area (Å²) in [4.78, 5) is 8.27. The van der Waals surface area contributed by atoms with Crippen LogP contribution in [0.5, 0.6) is 6.01 Å². The fraction of sp³-hybridized carbons (Fsp3) is 0.294. The van der Waals surface area contributed by atoms with Crippen LogP contribution in [0.3, 0.4) is 0 Å². The molecule has 0 amide bonds. The van der Waals surface area contributed by atoms with Crippen LogP contribution in [0.15, 0.2) is 53.5 Å². The second-order valence-electron chi connectivity index (χ2n) is 5.53. The van der Waals surface area contributed by atoms with Crippen LogP contribution >= 0.6 is 0 Å². The van der Waals surface area contributed by atoms with Crippen molar-refractivity contribution in [3.8, 4) is 6.01 Å². The second kappa shape index (κ2) is 8.81. The zero-order valence-corrected chi connectivity index (χ0v) is 13.9. The van der Waals surface area contributed by atoms with Gasteiger partial charge >= 0.3 is 6.01 Å². The molecule has 0 aliphatic rings. The average molecular weight is 347 g/mol. The topological polar surface area (TPSA) is 83.2 Å². The van der Waals surface area contributed by atoms with Crippen molar-refractivity contribution in [2.45, 2.75) is 26.2 Å². The molecule has 2 aromatic rings. The molecule has 0 radical (unpaired) electrons. The molecule has 0 spiro atoms. The van der Waals surface area contributed by atoms with Crippen LogP contribution in [0.1, 0.15) is 37.4 Å². The Hall–Kier alpha value is -2.90. The summed E-state index contributed by atoms with van der Waals surface area (Å²) < 4.78 is 30.8. The van der Waals surface area contributed by atoms with E-state index in [-0.39, 0.29) is 29.8 Å². The molecule has 25 heavy (non-hydrogen) atoms. The SMILES string of the molecule is CC(C)c1ccnc(OC/C(=C/Nc2cccc(C(F)F)c2)N=N)n1. The smallest absolute Gasteiger partial charge is 0.316 e. The number of hydrogen-bond acceptors (Lipinski definition) is 6. The van der Waals surface area contributed by atoms with Gasteiger partial charge in [-0.3, -0.25) is 0 Å². The summed E-state index contributed by atoms with van der Waals surface area (Å²) in [7, 11) is 0. The molecular weight excluding hydrogens is 328 g/mol. The highest BCUT2D eigenvalue weighted by atomic mass is 19.3. The van der Waals surface area contributed by atoms with Crippen LogP contribution in [0, 0.1) is 5.53 Å². The Morgan fingerprint density at radius 1 is 1.36 bits per heavy atom. The van der Waals surface area contributed by atoms with Crippen molar-refractivity contribution in [2.24, 2.45) is 5.11 Å². The van der Waals surface area contributed by atoms with Crippen LogP contribution in [-0.4, -0.2) is 16.6 Å². The van der Waals surface area contributed by atoms with E-state index in [1.54, 1.807) is 18.3 Å². The van der Waals surface area contributed by atoms with Crippen LogP contribution in [0.2, 0.25) is 0 Å². The Labute approximate surface area is 144 Å². The van der Waals surface area contributed by atoms with Crippen molar-refractivity contribution in [1.29, 1.82) is 5.53 Å². The fourth-order valence-electron chi connectivity index (χ4n) is 1.92. The summed E-state index contributed by atoms with van der Waals surface area (Å²) in [5.74, 6) is 0.241. The molecule has 0 aliphatic carbocycles. The lowest BCUT2D eigenvalue weighted by molar-refractivity contribution is 0.151. The Morgan fingerprint density at radius 2 is 2.16 bits per heavy atom. The van der Waals surface area contributed by atoms with Crippen molar-refractivity contribution >= 4 is 5.69 Å². The minimum atomic E-state index is -2.54. The summed E-state index contributed by atoms with van der Waals surface area (Å²) in [5, 5.41) is 6.18. The first-order valence-corrected chi connectivity index (χ1v) is 7.66. The number of alkyl halides is 2. The molecule has 0 aliphatic heterocycles. The summed E-state index contributed by atoms with van der Waals surface area (Å²) in [5.41, 5.74) is 8.68. The first kappa shape index (κ1) is 18.4. The Balaban J connectivity index is 2.00. The van der Waals surface area contributed by atoms with Gasteiger partial charge in [0.25, 0.3) is 6.43 Å². The Morgan fingerprint density at radius 3 is 2.84 bits per heavy atom. The molecule has 1 aromatic carbocycles. The Kier molecular flexibility index (Phi) is 6.50. The van der Waals surface area contributed by atoms with Crippen molar-refractivity contribution in [1.82, 2.24) is 9.97 Å². The first-order valence-electron chi connectivity index (χ1n) is 7.66. The van der Waals surface area contributed by atoms with Gasteiger partial charge in [-0.05, 0) is 24.1 Å². The van der Waals surface area contributed by atoms with Gasteiger partial charge < -0.3 is 10.1 Å². The molecule has 0 atom stereocenters. The zero-order chi connectivity index (χ0) is 18.2. The molecule has 0 saturated carbocycles. The largest absolute Gasteiger partial charge is 0.457 e. The number of halogens is 2.